The Balaban J connectivity index is -0.0000000610. The molecule has 1 unspecified atom stereocenters. The molecule has 0 heterocycles. The van der Waals surface area contributed by atoms with Gasteiger partial charge < -0.3 is 10.8 Å². The van der Waals surface area contributed by atoms with E-state index in [1.165, 1.54) is 19.7 Å². The van der Waals surface area contributed by atoms with Gasteiger partial charge in [0.05, 0.1) is 5.50 Å². The summed E-state index contributed by atoms with van der Waals surface area (Å²) in [4.78, 5) is 9.60. The summed E-state index contributed by atoms with van der Waals surface area (Å²) in [5, 5.41) is 7.89. The first-order chi connectivity index (χ1) is 6.91. The Kier molecular flexibility index (Phi) is 38.4. The maximum atomic E-state index is 9.60. The van der Waals surface area contributed by atoms with Crippen molar-refractivity contribution in [2.24, 2.45) is 5.73 Å². The number of rotatable bonds is 2. The molecule has 0 amide bonds. The lowest BCUT2D eigenvalue weighted by Crippen LogP contribution is -2.08. The molecule has 94 valence electrons. The molecule has 0 aromatic rings. The van der Waals surface area contributed by atoms with Crippen LogP contribution in [0.15, 0.2) is 12.2 Å². The lowest BCUT2D eigenvalue weighted by atomic mass is 10.4. The van der Waals surface area contributed by atoms with Crippen LogP contribution in [0, 0.1) is 0 Å². The standard InChI is InChI=1S/C4H6O2.C3H8ClN.2CH3Cl/c1-3(2)4(5)6;1-2-3(4)5;2*1-2/h1H2,2H3,(H,5,6);3H,2,5H2,1H3;2*1H3. The minimum absolute atomic E-state index is 0.144. The summed E-state index contributed by atoms with van der Waals surface area (Å²) < 4.78 is 0. The molecule has 3 N–H and O–H groups in total. The second-order valence-electron chi connectivity index (χ2n) is 2.01. The highest BCUT2D eigenvalue weighted by molar-refractivity contribution is 6.20. The smallest absolute Gasteiger partial charge is 0.330 e. The van der Waals surface area contributed by atoms with Gasteiger partial charge >= 0.3 is 5.97 Å². The first kappa shape index (κ1) is 24.3. The Morgan fingerprint density at radius 3 is 1.53 bits per heavy atom. The molecule has 0 aliphatic rings. The van der Waals surface area contributed by atoms with Crippen LogP contribution in [-0.2, 0) is 4.79 Å². The van der Waals surface area contributed by atoms with Gasteiger partial charge in [-0.1, -0.05) is 13.5 Å². The van der Waals surface area contributed by atoms with Crippen LogP contribution >= 0.6 is 34.8 Å². The molecular formula is C9H20Cl3NO2. The summed E-state index contributed by atoms with van der Waals surface area (Å²) in [6.07, 6.45) is 3.79. The maximum Gasteiger partial charge on any atom is 0.330 e. The van der Waals surface area contributed by atoms with Crippen molar-refractivity contribution in [3.8, 4) is 0 Å². The number of carboxylic acid groups (broad SMARTS) is 1. The van der Waals surface area contributed by atoms with E-state index < -0.39 is 5.97 Å². The largest absolute Gasteiger partial charge is 0.478 e. The van der Waals surface area contributed by atoms with E-state index in [1.807, 2.05) is 6.92 Å². The molecule has 0 saturated carbocycles. The Bertz CT molecular complexity index is 129. The first-order valence-corrected chi connectivity index (χ1v) is 5.90. The second-order valence-corrected chi connectivity index (χ2v) is 2.57. The molecule has 0 radical (unpaired) electrons. The Morgan fingerprint density at radius 1 is 1.40 bits per heavy atom. The molecule has 0 aliphatic carbocycles. The van der Waals surface area contributed by atoms with Gasteiger partial charge in [0.2, 0.25) is 0 Å². The Morgan fingerprint density at radius 2 is 1.53 bits per heavy atom. The van der Waals surface area contributed by atoms with E-state index in [-0.39, 0.29) is 11.1 Å². The van der Waals surface area contributed by atoms with Crippen LogP contribution in [0.4, 0.5) is 0 Å². The van der Waals surface area contributed by atoms with Gasteiger partial charge in [-0.25, -0.2) is 4.79 Å². The van der Waals surface area contributed by atoms with Crippen molar-refractivity contribution >= 4 is 40.8 Å². The zero-order valence-corrected chi connectivity index (χ0v) is 11.8. The van der Waals surface area contributed by atoms with Crippen molar-refractivity contribution in [2.75, 3.05) is 12.8 Å². The van der Waals surface area contributed by atoms with Gasteiger partial charge in [-0.2, -0.15) is 0 Å². The summed E-state index contributed by atoms with van der Waals surface area (Å²) in [5.74, 6) is -0.935. The van der Waals surface area contributed by atoms with Crippen molar-refractivity contribution in [1.29, 1.82) is 0 Å². The quantitative estimate of drug-likeness (QED) is 0.463. The topological polar surface area (TPSA) is 63.3 Å². The predicted molar refractivity (Wildman–Crippen MR) is 70.1 cm³/mol. The van der Waals surface area contributed by atoms with Gasteiger partial charge in [-0.3, -0.25) is 0 Å². The number of hydrogen-bond acceptors (Lipinski definition) is 2. The van der Waals surface area contributed by atoms with Crippen LogP contribution in [0.3, 0.4) is 0 Å². The molecule has 15 heavy (non-hydrogen) atoms. The highest BCUT2D eigenvalue weighted by Crippen LogP contribution is 1.87. The van der Waals surface area contributed by atoms with Crippen LogP contribution in [0.25, 0.3) is 0 Å². The third-order valence-electron chi connectivity index (χ3n) is 0.755. The fourth-order valence-corrected chi connectivity index (χ4v) is 0. The molecule has 0 aromatic heterocycles. The molecule has 3 nitrogen and oxygen atoms in total. The zero-order valence-electron chi connectivity index (χ0n) is 9.56. The zero-order chi connectivity index (χ0) is 13.4. The van der Waals surface area contributed by atoms with Crippen LogP contribution < -0.4 is 5.73 Å². The summed E-state index contributed by atoms with van der Waals surface area (Å²) in [6, 6.07) is 0. The van der Waals surface area contributed by atoms with Gasteiger partial charge in [0, 0.05) is 18.3 Å². The molecule has 0 saturated heterocycles. The number of carbonyl (C=O) groups is 1. The second kappa shape index (κ2) is 23.7. The van der Waals surface area contributed by atoms with Crippen LogP contribution in [0.5, 0.6) is 0 Å². The van der Waals surface area contributed by atoms with E-state index in [0.717, 1.165) is 6.42 Å². The van der Waals surface area contributed by atoms with E-state index in [2.05, 4.69) is 29.8 Å². The Hall–Kier alpha value is 0.0400. The lowest BCUT2D eigenvalue weighted by Gasteiger charge is -1.88. The number of halogens is 3. The molecule has 0 rings (SSSR count). The van der Waals surface area contributed by atoms with Crippen molar-refractivity contribution in [2.45, 2.75) is 25.8 Å². The SMILES string of the molecule is C=C(C)C(=O)O.CCC(N)Cl.CCl.CCl. The number of carboxylic acids is 1. The molecular weight excluding hydrogens is 260 g/mol. The van der Waals surface area contributed by atoms with Crippen molar-refractivity contribution in [3.05, 3.63) is 12.2 Å². The van der Waals surface area contributed by atoms with Crippen molar-refractivity contribution in [3.63, 3.8) is 0 Å². The molecule has 6 heteroatoms. The van der Waals surface area contributed by atoms with E-state index >= 15 is 0 Å². The third-order valence-corrected chi connectivity index (χ3v) is 1.06. The van der Waals surface area contributed by atoms with E-state index in [9.17, 15) is 4.79 Å². The van der Waals surface area contributed by atoms with Crippen LogP contribution in [-0.4, -0.2) is 29.3 Å². The summed E-state index contributed by atoms with van der Waals surface area (Å²) in [7, 11) is 0. The highest BCUT2D eigenvalue weighted by atomic mass is 35.5. The third kappa shape index (κ3) is 55.8. The molecule has 0 aromatic carbocycles. The minimum Gasteiger partial charge on any atom is -0.478 e. The average molecular weight is 281 g/mol. The molecule has 0 aliphatic heterocycles. The first-order valence-electron chi connectivity index (χ1n) is 3.95. The monoisotopic (exact) mass is 279 g/mol. The minimum atomic E-state index is -0.935. The van der Waals surface area contributed by atoms with Gasteiger partial charge in [0.1, 0.15) is 0 Å². The number of aliphatic carboxylic acids is 1. The predicted octanol–water partition coefficient (Wildman–Crippen LogP) is 3.28. The number of alkyl halides is 3. The lowest BCUT2D eigenvalue weighted by molar-refractivity contribution is -0.132. The number of nitrogens with two attached hydrogens (primary N) is 1. The van der Waals surface area contributed by atoms with Gasteiger partial charge in [-0.15, -0.1) is 34.8 Å². The van der Waals surface area contributed by atoms with E-state index in [0.29, 0.717) is 0 Å². The average Bonchev–Trinajstić information content (AvgIpc) is 2.24. The fourth-order valence-electron chi connectivity index (χ4n) is 0. The fraction of sp³-hybridized carbons (Fsp3) is 0.667. The van der Waals surface area contributed by atoms with Crippen LogP contribution in [0.2, 0.25) is 0 Å². The highest BCUT2D eigenvalue weighted by Gasteiger charge is 1.90. The normalized spacial score (nSPS) is 8.80. The van der Waals surface area contributed by atoms with Crippen LogP contribution in [0.1, 0.15) is 20.3 Å². The van der Waals surface area contributed by atoms with E-state index in [4.69, 9.17) is 22.4 Å². The van der Waals surface area contributed by atoms with Crippen molar-refractivity contribution < 1.29 is 9.90 Å². The van der Waals surface area contributed by atoms with Crippen molar-refractivity contribution in [1.82, 2.24) is 0 Å². The van der Waals surface area contributed by atoms with E-state index in [1.54, 1.807) is 0 Å². The molecule has 0 spiro atoms. The summed E-state index contributed by atoms with van der Waals surface area (Å²) in [5.41, 5.74) is 5.09. The molecule has 0 bridgehead atoms. The van der Waals surface area contributed by atoms with Gasteiger partial charge in [-0.05, 0) is 13.3 Å². The summed E-state index contributed by atoms with van der Waals surface area (Å²) >= 11 is 14.5. The maximum absolute atomic E-state index is 9.60. The summed E-state index contributed by atoms with van der Waals surface area (Å²) in [6.45, 7) is 6.54. The van der Waals surface area contributed by atoms with Gasteiger partial charge in [0.15, 0.2) is 0 Å². The van der Waals surface area contributed by atoms with Gasteiger partial charge in [0.25, 0.3) is 0 Å². The molecule has 1 atom stereocenters. The number of hydrogen-bond donors (Lipinski definition) is 2. The molecule has 0 fully saturated rings. The Labute approximate surface area is 107 Å².